The molecule has 0 atom stereocenters. The highest BCUT2D eigenvalue weighted by Gasteiger charge is 2.34. The second-order valence-corrected chi connectivity index (χ2v) is 8.69. The SMILES string of the molecule is CCCCN1C(=O)C(=c2sc3nc4ccccc4n3c2=O)c2cc(Br)ccc21. The molecule has 0 radical (unpaired) electrons. The maximum absolute atomic E-state index is 13.3. The van der Waals surface area contributed by atoms with Crippen molar-refractivity contribution in [2.75, 3.05) is 11.4 Å². The summed E-state index contributed by atoms with van der Waals surface area (Å²) in [5.41, 5.74) is 3.53. The van der Waals surface area contributed by atoms with Crippen molar-refractivity contribution in [3.05, 3.63) is 67.4 Å². The summed E-state index contributed by atoms with van der Waals surface area (Å²) < 4.78 is 2.95. The first-order chi connectivity index (χ1) is 13.6. The quantitative estimate of drug-likeness (QED) is 0.474. The Balaban J connectivity index is 1.84. The van der Waals surface area contributed by atoms with E-state index in [-0.39, 0.29) is 11.5 Å². The number of carbonyl (C=O) groups is 1. The van der Waals surface area contributed by atoms with Crippen LogP contribution < -0.4 is 15.0 Å². The minimum Gasteiger partial charge on any atom is -0.308 e. The highest BCUT2D eigenvalue weighted by Crippen LogP contribution is 2.37. The Bertz CT molecular complexity index is 1370. The van der Waals surface area contributed by atoms with Crippen LogP contribution in [0.3, 0.4) is 0 Å². The molecule has 5 rings (SSSR count). The number of benzene rings is 2. The second kappa shape index (κ2) is 6.53. The van der Waals surface area contributed by atoms with Crippen molar-refractivity contribution in [2.24, 2.45) is 0 Å². The zero-order valence-electron chi connectivity index (χ0n) is 15.1. The van der Waals surface area contributed by atoms with E-state index in [0.717, 1.165) is 39.6 Å². The number of thiazole rings is 1. The Hall–Kier alpha value is -2.51. The van der Waals surface area contributed by atoms with E-state index in [1.54, 1.807) is 9.30 Å². The maximum atomic E-state index is 13.3. The molecule has 2 aromatic heterocycles. The molecule has 1 aliphatic heterocycles. The Morgan fingerprint density at radius 3 is 2.79 bits per heavy atom. The summed E-state index contributed by atoms with van der Waals surface area (Å²) >= 11 is 4.79. The van der Waals surface area contributed by atoms with Gasteiger partial charge in [-0.1, -0.05) is 52.7 Å². The van der Waals surface area contributed by atoms with E-state index in [4.69, 9.17) is 0 Å². The van der Waals surface area contributed by atoms with Crippen molar-refractivity contribution in [1.29, 1.82) is 0 Å². The zero-order chi connectivity index (χ0) is 19.4. The van der Waals surface area contributed by atoms with Crippen LogP contribution in [-0.4, -0.2) is 21.8 Å². The van der Waals surface area contributed by atoms with Crippen LogP contribution in [0.25, 0.3) is 21.6 Å². The second-order valence-electron chi connectivity index (χ2n) is 6.80. The summed E-state index contributed by atoms with van der Waals surface area (Å²) in [7, 11) is 0. The van der Waals surface area contributed by atoms with Gasteiger partial charge in [-0.25, -0.2) is 9.38 Å². The lowest BCUT2D eigenvalue weighted by atomic mass is 10.1. The van der Waals surface area contributed by atoms with Gasteiger partial charge >= 0.3 is 0 Å². The van der Waals surface area contributed by atoms with E-state index in [1.165, 1.54) is 11.3 Å². The van der Waals surface area contributed by atoms with E-state index in [9.17, 15) is 9.59 Å². The van der Waals surface area contributed by atoms with Gasteiger partial charge in [0, 0.05) is 16.6 Å². The number of halogens is 1. The Morgan fingerprint density at radius 1 is 1.14 bits per heavy atom. The molecule has 7 heteroatoms. The van der Waals surface area contributed by atoms with E-state index in [0.29, 0.717) is 21.6 Å². The number of aromatic nitrogens is 2. The molecule has 0 saturated carbocycles. The molecule has 4 aromatic rings. The highest BCUT2D eigenvalue weighted by atomic mass is 79.9. The standard InChI is InChI=1S/C21H16BrN3O2S/c1-2-3-10-24-15-9-8-12(22)11-13(15)17(19(24)26)18-20(27)25-16-7-5-4-6-14(16)23-21(25)28-18/h4-9,11H,2-3,10H2,1H3. The molecule has 0 unspecified atom stereocenters. The number of hydrogen-bond acceptors (Lipinski definition) is 4. The number of fused-ring (bicyclic) bond motifs is 4. The first kappa shape index (κ1) is 17.6. The smallest absolute Gasteiger partial charge is 0.275 e. The fourth-order valence-electron chi connectivity index (χ4n) is 3.72. The van der Waals surface area contributed by atoms with Crippen LogP contribution in [0, 0.1) is 0 Å². The predicted octanol–water partition coefficient (Wildman–Crippen LogP) is 3.74. The number of hydrogen-bond donors (Lipinski definition) is 0. The Labute approximate surface area is 173 Å². The minimum atomic E-state index is -0.180. The lowest BCUT2D eigenvalue weighted by Crippen LogP contribution is -2.32. The third-order valence-electron chi connectivity index (χ3n) is 5.06. The molecular formula is C21H16BrN3O2S. The molecule has 28 heavy (non-hydrogen) atoms. The molecule has 140 valence electrons. The number of para-hydroxylation sites is 2. The van der Waals surface area contributed by atoms with Gasteiger partial charge in [0.25, 0.3) is 11.5 Å². The van der Waals surface area contributed by atoms with Crippen LogP contribution in [-0.2, 0) is 4.79 Å². The fourth-order valence-corrected chi connectivity index (χ4v) is 5.16. The lowest BCUT2D eigenvalue weighted by molar-refractivity contribution is -0.113. The van der Waals surface area contributed by atoms with E-state index >= 15 is 0 Å². The summed E-state index contributed by atoms with van der Waals surface area (Å²) in [6.07, 6.45) is 1.91. The number of anilines is 1. The van der Waals surface area contributed by atoms with Gasteiger partial charge in [-0.05, 0) is 36.8 Å². The molecule has 1 amide bonds. The van der Waals surface area contributed by atoms with Gasteiger partial charge in [0.2, 0.25) is 0 Å². The van der Waals surface area contributed by atoms with Crippen molar-refractivity contribution in [3.63, 3.8) is 0 Å². The topological polar surface area (TPSA) is 54.7 Å². The van der Waals surface area contributed by atoms with Crippen molar-refractivity contribution in [3.8, 4) is 0 Å². The summed E-state index contributed by atoms with van der Waals surface area (Å²) in [5, 5.41) is 0. The average Bonchev–Trinajstić information content (AvgIpc) is 3.28. The first-order valence-electron chi connectivity index (χ1n) is 9.16. The van der Waals surface area contributed by atoms with Crippen LogP contribution >= 0.6 is 27.3 Å². The molecule has 0 saturated heterocycles. The van der Waals surface area contributed by atoms with Crippen LogP contribution in [0.1, 0.15) is 25.3 Å². The molecule has 0 bridgehead atoms. The van der Waals surface area contributed by atoms with Gasteiger partial charge in [-0.15, -0.1) is 0 Å². The highest BCUT2D eigenvalue weighted by molar-refractivity contribution is 9.10. The van der Waals surface area contributed by atoms with Crippen LogP contribution in [0.2, 0.25) is 0 Å². The van der Waals surface area contributed by atoms with E-state index < -0.39 is 0 Å². The molecule has 0 aliphatic carbocycles. The normalized spacial score (nSPS) is 15.8. The maximum Gasteiger partial charge on any atom is 0.275 e. The molecule has 3 heterocycles. The number of nitrogens with zero attached hydrogens (tertiary/aromatic N) is 3. The molecule has 2 aromatic carbocycles. The van der Waals surface area contributed by atoms with Gasteiger partial charge in [-0.2, -0.15) is 0 Å². The number of unbranched alkanes of at least 4 members (excludes halogenated alkanes) is 1. The van der Waals surface area contributed by atoms with Crippen molar-refractivity contribution in [1.82, 2.24) is 9.38 Å². The van der Waals surface area contributed by atoms with Gasteiger partial charge in [0.1, 0.15) is 4.53 Å². The van der Waals surface area contributed by atoms with Gasteiger partial charge in [0.15, 0.2) is 4.96 Å². The zero-order valence-corrected chi connectivity index (χ0v) is 17.5. The molecular weight excluding hydrogens is 438 g/mol. The lowest BCUT2D eigenvalue weighted by Gasteiger charge is -2.16. The molecule has 0 N–H and O–H groups in total. The van der Waals surface area contributed by atoms with Gasteiger partial charge in [0.05, 0.1) is 22.3 Å². The average molecular weight is 454 g/mol. The molecule has 1 aliphatic rings. The number of rotatable bonds is 3. The van der Waals surface area contributed by atoms with Gasteiger partial charge < -0.3 is 4.90 Å². The first-order valence-corrected chi connectivity index (χ1v) is 10.8. The molecule has 0 spiro atoms. The summed E-state index contributed by atoms with van der Waals surface area (Å²) in [4.78, 5) is 33.6. The monoisotopic (exact) mass is 453 g/mol. The summed E-state index contributed by atoms with van der Waals surface area (Å²) in [5.74, 6) is -0.104. The van der Waals surface area contributed by atoms with Crippen LogP contribution in [0.15, 0.2) is 51.7 Å². The summed E-state index contributed by atoms with van der Waals surface area (Å²) in [6.45, 7) is 2.75. The predicted molar refractivity (Wildman–Crippen MR) is 116 cm³/mol. The van der Waals surface area contributed by atoms with Crippen LogP contribution in [0.5, 0.6) is 0 Å². The third kappa shape index (κ3) is 2.46. The van der Waals surface area contributed by atoms with Crippen LogP contribution in [0.4, 0.5) is 5.69 Å². The third-order valence-corrected chi connectivity index (χ3v) is 6.59. The molecule has 0 fully saturated rings. The fraction of sp³-hybridized carbons (Fsp3) is 0.190. The minimum absolute atomic E-state index is 0.104. The van der Waals surface area contributed by atoms with E-state index in [1.807, 2.05) is 42.5 Å². The number of carbonyl (C=O) groups excluding carboxylic acids is 1. The van der Waals surface area contributed by atoms with Crippen molar-refractivity contribution in [2.45, 2.75) is 19.8 Å². The van der Waals surface area contributed by atoms with Gasteiger partial charge in [-0.3, -0.25) is 9.59 Å². The van der Waals surface area contributed by atoms with Crippen molar-refractivity contribution < 1.29 is 4.79 Å². The number of imidazole rings is 1. The molecule has 5 nitrogen and oxygen atoms in total. The van der Waals surface area contributed by atoms with Crippen molar-refractivity contribution >= 4 is 60.4 Å². The summed E-state index contributed by atoms with van der Waals surface area (Å²) in [6, 6.07) is 13.4. The van der Waals surface area contributed by atoms with E-state index in [2.05, 4.69) is 27.8 Å². The Morgan fingerprint density at radius 2 is 1.96 bits per heavy atom. The largest absolute Gasteiger partial charge is 0.308 e. The number of amides is 1. The Kier molecular flexibility index (Phi) is 4.10.